The number of fused-ring (bicyclic) bond motifs is 2. The van der Waals surface area contributed by atoms with Crippen molar-refractivity contribution in [3.8, 4) is 11.3 Å². The summed E-state index contributed by atoms with van der Waals surface area (Å²) >= 11 is 0. The lowest BCUT2D eigenvalue weighted by Gasteiger charge is -2.40. The first-order valence-corrected chi connectivity index (χ1v) is 12.4. The fourth-order valence-electron chi connectivity index (χ4n) is 5.94. The van der Waals surface area contributed by atoms with Crippen LogP contribution in [0.2, 0.25) is 0 Å². The van der Waals surface area contributed by atoms with E-state index >= 15 is 0 Å². The zero-order chi connectivity index (χ0) is 23.9. The summed E-state index contributed by atoms with van der Waals surface area (Å²) in [7, 11) is 4.01. The van der Waals surface area contributed by atoms with E-state index in [4.69, 9.17) is 15.5 Å². The summed E-state index contributed by atoms with van der Waals surface area (Å²) in [6.45, 7) is 0. The van der Waals surface area contributed by atoms with Crippen molar-refractivity contribution in [3.63, 3.8) is 0 Å². The van der Waals surface area contributed by atoms with Crippen molar-refractivity contribution in [2.45, 2.75) is 38.0 Å². The number of aromatic nitrogens is 1. The molecule has 1 aromatic heterocycles. The van der Waals surface area contributed by atoms with Gasteiger partial charge in [-0.1, -0.05) is 48.5 Å². The highest BCUT2D eigenvalue weighted by Crippen LogP contribution is 2.43. The molecule has 6 rings (SSSR count). The third-order valence-corrected chi connectivity index (χ3v) is 7.71. The number of ether oxygens (including phenoxy) is 1. The third kappa shape index (κ3) is 3.78. The van der Waals surface area contributed by atoms with E-state index in [2.05, 4.69) is 70.5 Å². The molecule has 0 bridgehead atoms. The molecule has 0 amide bonds. The number of rotatable bonds is 4. The molecule has 3 aliphatic rings. The largest absolute Gasteiger partial charge is 0.382 e. The van der Waals surface area contributed by atoms with E-state index in [0.717, 1.165) is 64.8 Å². The molecule has 1 fully saturated rings. The van der Waals surface area contributed by atoms with Gasteiger partial charge < -0.3 is 20.3 Å². The molecular weight excluding hydrogens is 434 g/mol. The Bertz CT molecular complexity index is 1340. The SMILES string of the molecule is CO[C@H]1CC[C@@H](C2N(C)C(c3ccc4ccc(-c5ccccc5)nc4c3)=C3C(N)=NC=CN32)CC1. The maximum Gasteiger partial charge on any atom is 0.149 e. The molecule has 6 nitrogen and oxygen atoms in total. The second kappa shape index (κ2) is 8.86. The highest BCUT2D eigenvalue weighted by molar-refractivity contribution is 6.05. The van der Waals surface area contributed by atoms with Crippen LogP contribution < -0.4 is 5.73 Å². The standard InChI is InChI=1S/C29H31N5O/c1-33-26(22-9-8-20-12-15-24(32-25(20)18-22)19-6-4-3-5-7-19)27-28(30)31-16-17-34(27)29(33)21-10-13-23(35-2)14-11-21/h3-9,12,15-18,21,23,29H,10-11,13-14H2,1-2H3,(H2,30,31)/t21-,23+,29?. The fraction of sp³-hybridized carbons (Fsp3) is 0.310. The van der Waals surface area contributed by atoms with E-state index in [0.29, 0.717) is 17.9 Å². The number of nitrogens with zero attached hydrogens (tertiary/aromatic N) is 4. The van der Waals surface area contributed by atoms with E-state index in [9.17, 15) is 0 Å². The Balaban J connectivity index is 1.40. The van der Waals surface area contributed by atoms with Gasteiger partial charge in [0.25, 0.3) is 0 Å². The van der Waals surface area contributed by atoms with E-state index in [-0.39, 0.29) is 6.17 Å². The number of hydrogen-bond acceptors (Lipinski definition) is 6. The van der Waals surface area contributed by atoms with Gasteiger partial charge in [-0.05, 0) is 43.7 Å². The molecule has 1 atom stereocenters. The minimum Gasteiger partial charge on any atom is -0.382 e. The van der Waals surface area contributed by atoms with Crippen molar-refractivity contribution >= 4 is 22.4 Å². The molecule has 2 N–H and O–H groups in total. The first kappa shape index (κ1) is 21.9. The molecule has 0 radical (unpaired) electrons. The molecule has 6 heteroatoms. The summed E-state index contributed by atoms with van der Waals surface area (Å²) < 4.78 is 5.63. The molecule has 1 saturated carbocycles. The molecule has 0 spiro atoms. The highest BCUT2D eigenvalue weighted by Gasteiger charge is 2.43. The van der Waals surface area contributed by atoms with Crippen LogP contribution in [0.1, 0.15) is 31.2 Å². The lowest BCUT2D eigenvalue weighted by atomic mass is 9.84. The topological polar surface area (TPSA) is 67.0 Å². The molecule has 1 unspecified atom stereocenters. The van der Waals surface area contributed by atoms with Crippen LogP contribution in [0.4, 0.5) is 0 Å². The van der Waals surface area contributed by atoms with Crippen LogP contribution in [-0.2, 0) is 4.74 Å². The summed E-state index contributed by atoms with van der Waals surface area (Å²) in [4.78, 5) is 14.2. The predicted molar refractivity (Wildman–Crippen MR) is 141 cm³/mol. The summed E-state index contributed by atoms with van der Waals surface area (Å²) in [5, 5.41) is 1.12. The van der Waals surface area contributed by atoms with Gasteiger partial charge in [-0.25, -0.2) is 9.98 Å². The van der Waals surface area contributed by atoms with E-state index in [1.54, 1.807) is 0 Å². The number of aliphatic imine (C=N–C) groups is 1. The number of amidine groups is 1. The van der Waals surface area contributed by atoms with Crippen LogP contribution in [-0.4, -0.2) is 47.0 Å². The van der Waals surface area contributed by atoms with Gasteiger partial charge in [-0.2, -0.15) is 0 Å². The van der Waals surface area contributed by atoms with Crippen molar-refractivity contribution in [3.05, 3.63) is 84.3 Å². The Morgan fingerprint density at radius 1 is 0.914 bits per heavy atom. The minimum atomic E-state index is 0.211. The zero-order valence-corrected chi connectivity index (χ0v) is 20.3. The van der Waals surface area contributed by atoms with E-state index in [1.807, 2.05) is 31.5 Å². The van der Waals surface area contributed by atoms with Crippen molar-refractivity contribution in [2.75, 3.05) is 14.2 Å². The maximum atomic E-state index is 6.49. The van der Waals surface area contributed by atoms with Gasteiger partial charge in [0.05, 0.1) is 23.0 Å². The van der Waals surface area contributed by atoms with Gasteiger partial charge in [0.15, 0.2) is 0 Å². The van der Waals surface area contributed by atoms with Crippen molar-refractivity contribution in [1.82, 2.24) is 14.8 Å². The quantitative estimate of drug-likeness (QED) is 0.574. The van der Waals surface area contributed by atoms with Gasteiger partial charge in [-0.15, -0.1) is 0 Å². The van der Waals surface area contributed by atoms with Crippen LogP contribution in [0, 0.1) is 5.92 Å². The number of methoxy groups -OCH3 is 1. The molecule has 2 aliphatic heterocycles. The second-order valence-corrected chi connectivity index (χ2v) is 9.68. The highest BCUT2D eigenvalue weighted by atomic mass is 16.5. The Kier molecular flexibility index (Phi) is 5.53. The molecule has 3 aromatic rings. The number of benzene rings is 2. The average molecular weight is 466 g/mol. The number of nitrogens with two attached hydrogens (primary N) is 1. The first-order valence-electron chi connectivity index (χ1n) is 12.4. The van der Waals surface area contributed by atoms with Crippen molar-refractivity contribution in [1.29, 1.82) is 0 Å². The molecule has 1 aliphatic carbocycles. The van der Waals surface area contributed by atoms with Gasteiger partial charge in [0.2, 0.25) is 0 Å². The molecule has 3 heterocycles. The Morgan fingerprint density at radius 2 is 1.69 bits per heavy atom. The first-order chi connectivity index (χ1) is 17.1. The summed E-state index contributed by atoms with van der Waals surface area (Å²) in [5.74, 6) is 1.09. The lowest BCUT2D eigenvalue weighted by molar-refractivity contribution is 0.0286. The van der Waals surface area contributed by atoms with Gasteiger partial charge in [-0.3, -0.25) is 0 Å². The van der Waals surface area contributed by atoms with Crippen LogP contribution in [0.25, 0.3) is 27.9 Å². The average Bonchev–Trinajstić information content (AvgIpc) is 3.21. The normalized spacial score (nSPS) is 24.2. The molecule has 0 saturated heterocycles. The van der Waals surface area contributed by atoms with E-state index < -0.39 is 0 Å². The Hall–Kier alpha value is -3.64. The Morgan fingerprint density at radius 3 is 2.46 bits per heavy atom. The third-order valence-electron chi connectivity index (χ3n) is 7.71. The van der Waals surface area contributed by atoms with Crippen LogP contribution in [0.15, 0.2) is 83.8 Å². The maximum absolute atomic E-state index is 6.49. The zero-order valence-electron chi connectivity index (χ0n) is 20.3. The number of hydrogen-bond donors (Lipinski definition) is 1. The lowest BCUT2D eigenvalue weighted by Crippen LogP contribution is -2.45. The molecule has 35 heavy (non-hydrogen) atoms. The smallest absolute Gasteiger partial charge is 0.149 e. The van der Waals surface area contributed by atoms with Gasteiger partial charge >= 0.3 is 0 Å². The van der Waals surface area contributed by atoms with Gasteiger partial charge in [0, 0.05) is 43.1 Å². The van der Waals surface area contributed by atoms with Crippen LogP contribution >= 0.6 is 0 Å². The summed E-state index contributed by atoms with van der Waals surface area (Å²) in [6, 6.07) is 21.1. The number of pyridine rings is 1. The molecule has 178 valence electrons. The molecule has 2 aromatic carbocycles. The van der Waals surface area contributed by atoms with Crippen LogP contribution in [0.3, 0.4) is 0 Å². The molecular formula is C29H31N5O. The van der Waals surface area contributed by atoms with Crippen molar-refractivity contribution in [2.24, 2.45) is 16.6 Å². The van der Waals surface area contributed by atoms with E-state index in [1.165, 1.54) is 0 Å². The fourth-order valence-corrected chi connectivity index (χ4v) is 5.94. The minimum absolute atomic E-state index is 0.211. The Labute approximate surface area is 206 Å². The second-order valence-electron chi connectivity index (χ2n) is 9.68. The van der Waals surface area contributed by atoms with Crippen LogP contribution in [0.5, 0.6) is 0 Å². The van der Waals surface area contributed by atoms with Gasteiger partial charge in [0.1, 0.15) is 17.7 Å². The van der Waals surface area contributed by atoms with Crippen molar-refractivity contribution < 1.29 is 4.74 Å². The predicted octanol–water partition coefficient (Wildman–Crippen LogP) is 5.19. The summed E-state index contributed by atoms with van der Waals surface area (Å²) in [5.41, 5.74) is 12.8. The summed E-state index contributed by atoms with van der Waals surface area (Å²) in [6.07, 6.45) is 8.94. The monoisotopic (exact) mass is 465 g/mol.